The molecule has 0 aliphatic carbocycles. The van der Waals surface area contributed by atoms with E-state index in [1.165, 1.54) is 0 Å². The largest absolute Gasteiger partial charge is 0.508 e. The van der Waals surface area contributed by atoms with Crippen LogP contribution in [0.25, 0.3) is 5.57 Å². The van der Waals surface area contributed by atoms with Crippen molar-refractivity contribution in [3.8, 4) is 5.75 Å². The second kappa shape index (κ2) is 8.50. The smallest absolute Gasteiger partial charge is 0.303 e. The standard InChI is InChI=1S/C18H26O3/c1-4-6-8-15-16(19)11-9-14(10-12-17(20)21)18(15)13(3)7-5-2/h9,11,19H,3-8,10,12H2,1-2H3,(H,20,21). The van der Waals surface area contributed by atoms with Crippen molar-refractivity contribution in [1.29, 1.82) is 0 Å². The summed E-state index contributed by atoms with van der Waals surface area (Å²) in [6, 6.07) is 3.52. The minimum absolute atomic E-state index is 0.102. The molecule has 0 heterocycles. The van der Waals surface area contributed by atoms with E-state index in [0.29, 0.717) is 12.2 Å². The molecule has 0 saturated heterocycles. The normalized spacial score (nSPS) is 10.6. The lowest BCUT2D eigenvalue weighted by atomic mass is 9.88. The number of unbranched alkanes of at least 4 members (excludes halogenated alkanes) is 1. The van der Waals surface area contributed by atoms with Crippen molar-refractivity contribution in [2.45, 2.75) is 58.8 Å². The van der Waals surface area contributed by atoms with Gasteiger partial charge in [0, 0.05) is 12.0 Å². The Labute approximate surface area is 127 Å². The Balaban J connectivity index is 3.21. The Hall–Kier alpha value is -1.77. The Kier molecular flexibility index (Phi) is 7.00. The Morgan fingerprint density at radius 1 is 1.14 bits per heavy atom. The average Bonchev–Trinajstić information content (AvgIpc) is 2.44. The Morgan fingerprint density at radius 2 is 1.86 bits per heavy atom. The van der Waals surface area contributed by atoms with Gasteiger partial charge in [-0.15, -0.1) is 0 Å². The molecule has 0 unspecified atom stereocenters. The summed E-state index contributed by atoms with van der Waals surface area (Å²) in [6.07, 6.45) is 5.29. The van der Waals surface area contributed by atoms with Crippen LogP contribution in [0.4, 0.5) is 0 Å². The highest BCUT2D eigenvalue weighted by atomic mass is 16.4. The quantitative estimate of drug-likeness (QED) is 0.700. The summed E-state index contributed by atoms with van der Waals surface area (Å²) in [7, 11) is 0. The van der Waals surface area contributed by atoms with Crippen LogP contribution in [0.5, 0.6) is 5.75 Å². The number of phenols is 1. The van der Waals surface area contributed by atoms with Gasteiger partial charge in [-0.05, 0) is 48.4 Å². The van der Waals surface area contributed by atoms with E-state index in [1.807, 2.05) is 6.07 Å². The Morgan fingerprint density at radius 3 is 2.43 bits per heavy atom. The number of benzene rings is 1. The van der Waals surface area contributed by atoms with Crippen molar-refractivity contribution < 1.29 is 15.0 Å². The van der Waals surface area contributed by atoms with Crippen molar-refractivity contribution in [3.05, 3.63) is 35.4 Å². The van der Waals surface area contributed by atoms with E-state index in [2.05, 4.69) is 20.4 Å². The number of hydrogen-bond acceptors (Lipinski definition) is 2. The maximum Gasteiger partial charge on any atom is 0.303 e. The van der Waals surface area contributed by atoms with E-state index < -0.39 is 5.97 Å². The third-order valence-corrected chi connectivity index (χ3v) is 3.67. The van der Waals surface area contributed by atoms with Crippen LogP contribution in [0, 0.1) is 0 Å². The number of rotatable bonds is 9. The summed E-state index contributed by atoms with van der Waals surface area (Å²) >= 11 is 0. The molecule has 0 aromatic heterocycles. The highest BCUT2D eigenvalue weighted by Crippen LogP contribution is 2.33. The number of carbonyl (C=O) groups is 1. The second-order valence-corrected chi connectivity index (χ2v) is 5.45. The van der Waals surface area contributed by atoms with E-state index in [1.54, 1.807) is 6.07 Å². The predicted octanol–water partition coefficient (Wildman–Crippen LogP) is 4.57. The lowest BCUT2D eigenvalue weighted by Crippen LogP contribution is -2.04. The third-order valence-electron chi connectivity index (χ3n) is 3.67. The molecule has 0 bridgehead atoms. The van der Waals surface area contributed by atoms with Crippen molar-refractivity contribution in [1.82, 2.24) is 0 Å². The fourth-order valence-corrected chi connectivity index (χ4v) is 2.61. The van der Waals surface area contributed by atoms with Gasteiger partial charge in [-0.2, -0.15) is 0 Å². The van der Waals surface area contributed by atoms with Crippen molar-refractivity contribution in [2.24, 2.45) is 0 Å². The minimum Gasteiger partial charge on any atom is -0.508 e. The summed E-state index contributed by atoms with van der Waals surface area (Å²) in [5, 5.41) is 19.1. The van der Waals surface area contributed by atoms with Crippen LogP contribution in [-0.4, -0.2) is 16.2 Å². The molecule has 3 heteroatoms. The maximum absolute atomic E-state index is 10.8. The van der Waals surface area contributed by atoms with E-state index >= 15 is 0 Å². The molecule has 1 aromatic rings. The lowest BCUT2D eigenvalue weighted by molar-refractivity contribution is -0.136. The lowest BCUT2D eigenvalue weighted by Gasteiger charge is -2.18. The number of aryl methyl sites for hydroxylation is 1. The molecule has 0 spiro atoms. The van der Waals surface area contributed by atoms with E-state index in [4.69, 9.17) is 5.11 Å². The van der Waals surface area contributed by atoms with E-state index in [0.717, 1.165) is 54.4 Å². The molecule has 1 rings (SSSR count). The van der Waals surface area contributed by atoms with Gasteiger partial charge < -0.3 is 10.2 Å². The molecule has 3 nitrogen and oxygen atoms in total. The third kappa shape index (κ3) is 4.92. The second-order valence-electron chi connectivity index (χ2n) is 5.45. The van der Waals surface area contributed by atoms with Crippen LogP contribution in [0.2, 0.25) is 0 Å². The molecule has 0 aliphatic heterocycles. The first-order chi connectivity index (χ1) is 10.0. The number of allylic oxidation sites excluding steroid dienone is 1. The van der Waals surface area contributed by atoms with Crippen LogP contribution < -0.4 is 0 Å². The molecule has 116 valence electrons. The molecule has 21 heavy (non-hydrogen) atoms. The van der Waals surface area contributed by atoms with Gasteiger partial charge in [-0.3, -0.25) is 4.79 Å². The predicted molar refractivity (Wildman–Crippen MR) is 86.6 cm³/mol. The van der Waals surface area contributed by atoms with Gasteiger partial charge in [0.1, 0.15) is 5.75 Å². The summed E-state index contributed by atoms with van der Waals surface area (Å²) in [5.41, 5.74) is 3.91. The molecule has 0 fully saturated rings. The summed E-state index contributed by atoms with van der Waals surface area (Å²) in [4.78, 5) is 10.8. The first kappa shape index (κ1) is 17.3. The minimum atomic E-state index is -0.801. The zero-order chi connectivity index (χ0) is 15.8. The highest BCUT2D eigenvalue weighted by molar-refractivity contribution is 5.73. The zero-order valence-corrected chi connectivity index (χ0v) is 13.1. The van der Waals surface area contributed by atoms with E-state index in [9.17, 15) is 9.90 Å². The van der Waals surface area contributed by atoms with E-state index in [-0.39, 0.29) is 6.42 Å². The van der Waals surface area contributed by atoms with Gasteiger partial charge >= 0.3 is 5.97 Å². The van der Waals surface area contributed by atoms with Crippen molar-refractivity contribution in [2.75, 3.05) is 0 Å². The van der Waals surface area contributed by atoms with Crippen LogP contribution in [0.3, 0.4) is 0 Å². The fourth-order valence-electron chi connectivity index (χ4n) is 2.61. The van der Waals surface area contributed by atoms with Gasteiger partial charge in [0.15, 0.2) is 0 Å². The molecule has 0 amide bonds. The maximum atomic E-state index is 10.8. The first-order valence-electron chi connectivity index (χ1n) is 7.74. The zero-order valence-electron chi connectivity index (χ0n) is 13.1. The van der Waals surface area contributed by atoms with Gasteiger partial charge in [-0.25, -0.2) is 0 Å². The molecule has 0 atom stereocenters. The molecular formula is C18H26O3. The number of carboxylic acids is 1. The molecule has 2 N–H and O–H groups in total. The molecule has 1 aromatic carbocycles. The molecule has 0 aliphatic rings. The number of aromatic hydroxyl groups is 1. The van der Waals surface area contributed by atoms with Gasteiger partial charge in [-0.1, -0.05) is 39.3 Å². The number of carboxylic acid groups (broad SMARTS) is 1. The van der Waals surface area contributed by atoms with Crippen LogP contribution in [-0.2, 0) is 17.6 Å². The summed E-state index contributed by atoms with van der Waals surface area (Å²) in [5.74, 6) is -0.500. The molecule has 0 radical (unpaired) electrons. The number of aliphatic carboxylic acids is 1. The fraction of sp³-hybridized carbons (Fsp3) is 0.500. The Bertz CT molecular complexity index is 503. The van der Waals surface area contributed by atoms with Crippen LogP contribution in [0.15, 0.2) is 18.7 Å². The molecular weight excluding hydrogens is 264 g/mol. The summed E-state index contributed by atoms with van der Waals surface area (Å²) in [6.45, 7) is 8.36. The van der Waals surface area contributed by atoms with Gasteiger partial charge in [0.2, 0.25) is 0 Å². The topological polar surface area (TPSA) is 57.5 Å². The van der Waals surface area contributed by atoms with Gasteiger partial charge in [0.25, 0.3) is 0 Å². The first-order valence-corrected chi connectivity index (χ1v) is 7.74. The molecule has 0 saturated carbocycles. The monoisotopic (exact) mass is 290 g/mol. The highest BCUT2D eigenvalue weighted by Gasteiger charge is 2.15. The van der Waals surface area contributed by atoms with Crippen molar-refractivity contribution in [3.63, 3.8) is 0 Å². The van der Waals surface area contributed by atoms with Gasteiger partial charge in [0.05, 0.1) is 0 Å². The van der Waals surface area contributed by atoms with Crippen LogP contribution >= 0.6 is 0 Å². The van der Waals surface area contributed by atoms with Crippen molar-refractivity contribution >= 4 is 11.5 Å². The average molecular weight is 290 g/mol. The SMILES string of the molecule is C=C(CCC)c1c(CCC(=O)O)ccc(O)c1CCCC. The van der Waals surface area contributed by atoms with Crippen LogP contribution in [0.1, 0.15) is 62.6 Å². The summed E-state index contributed by atoms with van der Waals surface area (Å²) < 4.78 is 0. The number of phenolic OH excluding ortho intramolecular Hbond substituents is 1. The number of hydrogen-bond donors (Lipinski definition) is 2.